The van der Waals surface area contributed by atoms with Crippen molar-refractivity contribution in [2.24, 2.45) is 5.92 Å². The molecule has 1 unspecified atom stereocenters. The van der Waals surface area contributed by atoms with Crippen molar-refractivity contribution in [2.45, 2.75) is 26.3 Å². The van der Waals surface area contributed by atoms with Crippen molar-refractivity contribution >= 4 is 23.2 Å². The lowest BCUT2D eigenvalue weighted by Gasteiger charge is -2.13. The minimum atomic E-state index is -0.894. The summed E-state index contributed by atoms with van der Waals surface area (Å²) < 4.78 is 0. The summed E-state index contributed by atoms with van der Waals surface area (Å²) in [6.45, 7) is 2.77. The second-order valence-corrected chi connectivity index (χ2v) is 5.04. The molecule has 0 spiro atoms. The molecule has 1 aromatic rings. The van der Waals surface area contributed by atoms with Gasteiger partial charge in [0.05, 0.1) is 18.2 Å². The number of carboxylic acids is 1. The fraction of sp³-hybridized carbons (Fsp3) is 0.545. The van der Waals surface area contributed by atoms with Crippen LogP contribution in [0, 0.1) is 5.92 Å². The number of amides is 1. The molecule has 92 valence electrons. The molecule has 0 saturated carbocycles. The third kappa shape index (κ3) is 2.63. The first-order valence-corrected chi connectivity index (χ1v) is 6.42. The third-order valence-electron chi connectivity index (χ3n) is 2.85. The van der Waals surface area contributed by atoms with Crippen LogP contribution >= 0.6 is 11.3 Å². The Morgan fingerprint density at radius 3 is 3.00 bits per heavy atom. The lowest BCUT2D eigenvalue weighted by Crippen LogP contribution is -2.25. The molecule has 0 aromatic carbocycles. The Kier molecular flexibility index (Phi) is 3.42. The zero-order chi connectivity index (χ0) is 12.4. The third-order valence-corrected chi connectivity index (χ3v) is 3.73. The molecule has 1 aliphatic heterocycles. The molecule has 17 heavy (non-hydrogen) atoms. The van der Waals surface area contributed by atoms with Gasteiger partial charge < -0.3 is 10.0 Å². The number of nitrogens with zero attached hydrogens (tertiary/aromatic N) is 2. The van der Waals surface area contributed by atoms with Crippen LogP contribution in [-0.4, -0.2) is 33.4 Å². The van der Waals surface area contributed by atoms with Gasteiger partial charge in [-0.05, 0) is 6.42 Å². The highest BCUT2D eigenvalue weighted by Crippen LogP contribution is 2.21. The summed E-state index contributed by atoms with van der Waals surface area (Å²) in [4.78, 5) is 28.4. The highest BCUT2D eigenvalue weighted by atomic mass is 32.1. The van der Waals surface area contributed by atoms with Crippen LogP contribution in [0.2, 0.25) is 0 Å². The van der Waals surface area contributed by atoms with E-state index in [1.807, 2.05) is 12.3 Å². The Labute approximate surface area is 103 Å². The fourth-order valence-electron chi connectivity index (χ4n) is 1.84. The zero-order valence-electron chi connectivity index (χ0n) is 9.55. The van der Waals surface area contributed by atoms with E-state index in [9.17, 15) is 9.59 Å². The van der Waals surface area contributed by atoms with E-state index in [1.54, 1.807) is 4.90 Å². The maximum atomic E-state index is 11.6. The van der Waals surface area contributed by atoms with E-state index in [0.29, 0.717) is 13.1 Å². The highest BCUT2D eigenvalue weighted by Gasteiger charge is 2.34. The smallest absolute Gasteiger partial charge is 0.308 e. The van der Waals surface area contributed by atoms with Gasteiger partial charge in [-0.25, -0.2) is 4.98 Å². The summed E-state index contributed by atoms with van der Waals surface area (Å²) in [7, 11) is 0. The number of aromatic nitrogens is 1. The molecule has 2 heterocycles. The first-order valence-electron chi connectivity index (χ1n) is 5.54. The number of carbonyl (C=O) groups is 2. The molecule has 1 fully saturated rings. The number of hydrogen-bond acceptors (Lipinski definition) is 4. The first-order chi connectivity index (χ1) is 8.10. The van der Waals surface area contributed by atoms with E-state index in [-0.39, 0.29) is 12.3 Å². The normalized spacial score (nSPS) is 19.9. The number of aliphatic carboxylic acids is 1. The molecule has 5 nitrogen and oxygen atoms in total. The SMILES string of the molecule is CCc1csc(CN2CC(C(=O)O)CC2=O)n1. The maximum Gasteiger partial charge on any atom is 0.308 e. The highest BCUT2D eigenvalue weighted by molar-refractivity contribution is 7.09. The molecular formula is C11H14N2O3S. The van der Waals surface area contributed by atoms with Gasteiger partial charge in [0, 0.05) is 18.3 Å². The zero-order valence-corrected chi connectivity index (χ0v) is 10.4. The van der Waals surface area contributed by atoms with Crippen molar-refractivity contribution in [3.05, 3.63) is 16.1 Å². The van der Waals surface area contributed by atoms with Crippen molar-refractivity contribution in [3.8, 4) is 0 Å². The summed E-state index contributed by atoms with van der Waals surface area (Å²) in [6, 6.07) is 0. The molecule has 0 bridgehead atoms. The van der Waals surface area contributed by atoms with Crippen molar-refractivity contribution < 1.29 is 14.7 Å². The fourth-order valence-corrected chi connectivity index (χ4v) is 2.73. The number of carbonyl (C=O) groups excluding carboxylic acids is 1. The Bertz CT molecular complexity index is 444. The van der Waals surface area contributed by atoms with E-state index in [0.717, 1.165) is 17.1 Å². The summed E-state index contributed by atoms with van der Waals surface area (Å²) in [5, 5.41) is 11.7. The number of thiazole rings is 1. The molecule has 1 N–H and O–H groups in total. The van der Waals surface area contributed by atoms with Gasteiger partial charge in [0.25, 0.3) is 0 Å². The molecule has 2 rings (SSSR count). The van der Waals surface area contributed by atoms with E-state index >= 15 is 0 Å². The van der Waals surface area contributed by atoms with Crippen molar-refractivity contribution in [1.82, 2.24) is 9.88 Å². The second kappa shape index (κ2) is 4.83. The van der Waals surface area contributed by atoms with Gasteiger partial charge in [0.2, 0.25) is 5.91 Å². The average Bonchev–Trinajstić information content (AvgIpc) is 2.87. The number of rotatable bonds is 4. The van der Waals surface area contributed by atoms with Crippen LogP contribution in [-0.2, 0) is 22.6 Å². The number of likely N-dealkylation sites (tertiary alicyclic amines) is 1. The second-order valence-electron chi connectivity index (χ2n) is 4.10. The molecule has 6 heteroatoms. The van der Waals surface area contributed by atoms with Crippen LogP contribution in [0.1, 0.15) is 24.0 Å². The van der Waals surface area contributed by atoms with Gasteiger partial charge in [0.1, 0.15) is 5.01 Å². The van der Waals surface area contributed by atoms with Gasteiger partial charge in [-0.2, -0.15) is 0 Å². The molecular weight excluding hydrogens is 240 g/mol. The predicted octanol–water partition coefficient (Wildman–Crippen LogP) is 1.14. The predicted molar refractivity (Wildman–Crippen MR) is 62.7 cm³/mol. The molecule has 1 saturated heterocycles. The Balaban J connectivity index is 2.00. The van der Waals surface area contributed by atoms with Crippen LogP contribution in [0.25, 0.3) is 0 Å². The Morgan fingerprint density at radius 2 is 2.47 bits per heavy atom. The van der Waals surface area contributed by atoms with Crippen LogP contribution < -0.4 is 0 Å². The summed E-state index contributed by atoms with van der Waals surface area (Å²) in [5.74, 6) is -1.55. The van der Waals surface area contributed by atoms with Gasteiger partial charge in [-0.1, -0.05) is 6.92 Å². The van der Waals surface area contributed by atoms with Gasteiger partial charge >= 0.3 is 5.97 Å². The summed E-state index contributed by atoms with van der Waals surface area (Å²) in [6.07, 6.45) is 0.990. The van der Waals surface area contributed by atoms with Gasteiger partial charge in [-0.15, -0.1) is 11.3 Å². The van der Waals surface area contributed by atoms with Crippen molar-refractivity contribution in [2.75, 3.05) is 6.54 Å². The quantitative estimate of drug-likeness (QED) is 0.874. The molecule has 1 aromatic heterocycles. The lowest BCUT2D eigenvalue weighted by molar-refractivity contribution is -0.141. The maximum absolute atomic E-state index is 11.6. The van der Waals surface area contributed by atoms with Crippen molar-refractivity contribution in [3.63, 3.8) is 0 Å². The molecule has 0 radical (unpaired) electrons. The lowest BCUT2D eigenvalue weighted by atomic mass is 10.1. The summed E-state index contributed by atoms with van der Waals surface area (Å²) in [5.41, 5.74) is 1.02. The van der Waals surface area contributed by atoms with Crippen LogP contribution in [0.4, 0.5) is 0 Å². The van der Waals surface area contributed by atoms with Crippen LogP contribution in [0.5, 0.6) is 0 Å². The monoisotopic (exact) mass is 254 g/mol. The molecule has 1 amide bonds. The van der Waals surface area contributed by atoms with E-state index in [1.165, 1.54) is 11.3 Å². The van der Waals surface area contributed by atoms with E-state index in [2.05, 4.69) is 4.98 Å². The minimum Gasteiger partial charge on any atom is -0.481 e. The number of carboxylic acid groups (broad SMARTS) is 1. The first kappa shape index (κ1) is 12.0. The average molecular weight is 254 g/mol. The Hall–Kier alpha value is -1.43. The van der Waals surface area contributed by atoms with Crippen LogP contribution in [0.15, 0.2) is 5.38 Å². The topological polar surface area (TPSA) is 70.5 Å². The van der Waals surface area contributed by atoms with Gasteiger partial charge in [-0.3, -0.25) is 9.59 Å². The minimum absolute atomic E-state index is 0.0920. The summed E-state index contributed by atoms with van der Waals surface area (Å²) >= 11 is 1.52. The number of hydrogen-bond donors (Lipinski definition) is 1. The number of aryl methyl sites for hydroxylation is 1. The molecule has 1 atom stereocenters. The molecule has 0 aliphatic carbocycles. The Morgan fingerprint density at radius 1 is 1.71 bits per heavy atom. The largest absolute Gasteiger partial charge is 0.481 e. The standard InChI is InChI=1S/C11H14N2O3S/c1-2-8-6-17-9(12-8)5-13-4-7(11(15)16)3-10(13)14/h6-7H,2-5H2,1H3,(H,15,16). The van der Waals surface area contributed by atoms with Crippen LogP contribution in [0.3, 0.4) is 0 Å². The van der Waals surface area contributed by atoms with E-state index in [4.69, 9.17) is 5.11 Å². The van der Waals surface area contributed by atoms with E-state index < -0.39 is 11.9 Å². The van der Waals surface area contributed by atoms with Crippen molar-refractivity contribution in [1.29, 1.82) is 0 Å². The molecule has 1 aliphatic rings. The van der Waals surface area contributed by atoms with Gasteiger partial charge in [0.15, 0.2) is 0 Å².